The lowest BCUT2D eigenvalue weighted by Gasteiger charge is -2.21. The number of rotatable bonds is 6. The monoisotopic (exact) mass is 404 g/mol. The molecule has 142 valence electrons. The Bertz CT molecular complexity index is 1040. The van der Waals surface area contributed by atoms with Crippen molar-refractivity contribution in [3.05, 3.63) is 59.1 Å². The predicted molar refractivity (Wildman–Crippen MR) is 105 cm³/mol. The van der Waals surface area contributed by atoms with Crippen molar-refractivity contribution in [2.24, 2.45) is 0 Å². The number of thiazole rings is 1. The summed E-state index contributed by atoms with van der Waals surface area (Å²) in [5.74, 6) is -0.585. The number of hydrogen-bond donors (Lipinski definition) is 0. The number of para-hydroxylation sites is 1. The second-order valence-electron chi connectivity index (χ2n) is 6.29. The highest BCUT2D eigenvalue weighted by Crippen LogP contribution is 2.23. The normalized spacial score (nSPS) is 12.0. The van der Waals surface area contributed by atoms with Crippen molar-refractivity contribution in [2.75, 3.05) is 7.05 Å². The maximum absolute atomic E-state index is 12.6. The van der Waals surface area contributed by atoms with Crippen molar-refractivity contribution in [3.8, 4) is 0 Å². The summed E-state index contributed by atoms with van der Waals surface area (Å²) in [4.78, 5) is 16.8. The minimum absolute atomic E-state index is 0.0427. The number of carbonyl (C=O) groups excluding carboxylic acids is 1. The van der Waals surface area contributed by atoms with Crippen LogP contribution in [0.2, 0.25) is 0 Å². The van der Waals surface area contributed by atoms with Crippen molar-refractivity contribution in [3.63, 3.8) is 0 Å². The van der Waals surface area contributed by atoms with E-state index < -0.39 is 16.0 Å². The van der Waals surface area contributed by atoms with Crippen LogP contribution in [0.1, 0.15) is 29.2 Å². The first-order valence-electron chi connectivity index (χ1n) is 8.38. The van der Waals surface area contributed by atoms with E-state index >= 15 is 0 Å². The topological polar surface area (TPSA) is 76.6 Å². The summed E-state index contributed by atoms with van der Waals surface area (Å²) in [6, 6.07) is 13.4. The van der Waals surface area contributed by atoms with Gasteiger partial charge in [-0.25, -0.2) is 18.2 Å². The molecule has 6 nitrogen and oxygen atoms in total. The molecule has 0 fully saturated rings. The molecule has 0 radical (unpaired) electrons. The Morgan fingerprint density at radius 2 is 1.93 bits per heavy atom. The highest BCUT2D eigenvalue weighted by molar-refractivity contribution is 7.89. The number of ether oxygens (including phenoxy) is 1. The van der Waals surface area contributed by atoms with Gasteiger partial charge in [0.25, 0.3) is 0 Å². The third kappa shape index (κ3) is 4.18. The molecule has 0 saturated carbocycles. The number of sulfonamides is 1. The third-order valence-electron chi connectivity index (χ3n) is 4.14. The first-order valence-corrected chi connectivity index (χ1v) is 10.6. The summed E-state index contributed by atoms with van der Waals surface area (Å²) in [7, 11) is -2.15. The molecule has 1 heterocycles. The molecule has 0 saturated heterocycles. The van der Waals surface area contributed by atoms with Crippen LogP contribution in [0.3, 0.4) is 0 Å². The lowest BCUT2D eigenvalue weighted by molar-refractivity contribution is 0.0472. The second-order valence-corrected chi connectivity index (χ2v) is 9.41. The maximum Gasteiger partial charge on any atom is 0.338 e. The Morgan fingerprint density at radius 3 is 2.63 bits per heavy atom. The number of fused-ring (bicyclic) bond motifs is 1. The van der Waals surface area contributed by atoms with E-state index in [1.807, 2.05) is 24.3 Å². The SMILES string of the molecule is CC(C)N(C)S(=O)(=O)c1cccc(C(=O)OCc2nc3ccccc3s2)c1. The van der Waals surface area contributed by atoms with Crippen LogP contribution in [-0.4, -0.2) is 36.8 Å². The standard InChI is InChI=1S/C19H20N2O4S2/c1-13(2)21(3)27(23,24)15-8-6-7-14(11-15)19(22)25-12-18-20-16-9-4-5-10-17(16)26-18/h4-11,13H,12H2,1-3H3. The van der Waals surface area contributed by atoms with Crippen molar-refractivity contribution in [1.82, 2.24) is 9.29 Å². The minimum atomic E-state index is -3.66. The molecule has 27 heavy (non-hydrogen) atoms. The fourth-order valence-corrected chi connectivity index (χ4v) is 4.71. The number of carbonyl (C=O) groups is 1. The van der Waals surface area contributed by atoms with Gasteiger partial charge in [-0.1, -0.05) is 18.2 Å². The van der Waals surface area contributed by atoms with Crippen molar-refractivity contribution in [1.29, 1.82) is 0 Å². The summed E-state index contributed by atoms with van der Waals surface area (Å²) in [5, 5.41) is 0.688. The Balaban J connectivity index is 1.75. The summed E-state index contributed by atoms with van der Waals surface area (Å²) < 4.78 is 32.8. The van der Waals surface area contributed by atoms with Gasteiger partial charge in [0, 0.05) is 13.1 Å². The van der Waals surface area contributed by atoms with E-state index in [9.17, 15) is 13.2 Å². The zero-order valence-corrected chi connectivity index (χ0v) is 16.9. The molecule has 8 heteroatoms. The maximum atomic E-state index is 12.6. The van der Waals surface area contributed by atoms with E-state index in [1.165, 1.54) is 47.0 Å². The molecule has 3 rings (SSSR count). The summed E-state index contributed by atoms with van der Waals surface area (Å²) in [6.45, 7) is 3.61. The molecule has 0 aliphatic rings. The predicted octanol–water partition coefficient (Wildman–Crippen LogP) is 3.68. The van der Waals surface area contributed by atoms with Crippen molar-refractivity contribution < 1.29 is 17.9 Å². The van der Waals surface area contributed by atoms with Gasteiger partial charge in [0.05, 0.1) is 20.7 Å². The van der Waals surface area contributed by atoms with Gasteiger partial charge in [-0.05, 0) is 44.2 Å². The highest BCUT2D eigenvalue weighted by atomic mass is 32.2. The molecular formula is C19H20N2O4S2. The van der Waals surface area contributed by atoms with Crippen LogP contribution in [0.15, 0.2) is 53.4 Å². The van der Waals surface area contributed by atoms with Crippen LogP contribution < -0.4 is 0 Å². The van der Waals surface area contributed by atoms with E-state index in [2.05, 4.69) is 4.98 Å². The molecule has 2 aromatic carbocycles. The molecule has 1 aromatic heterocycles. The van der Waals surface area contributed by atoms with Gasteiger partial charge < -0.3 is 4.74 Å². The number of benzene rings is 2. The van der Waals surface area contributed by atoms with Crippen LogP contribution in [-0.2, 0) is 21.4 Å². The second kappa shape index (κ2) is 7.75. The first kappa shape index (κ1) is 19.5. The zero-order valence-electron chi connectivity index (χ0n) is 15.2. The molecule has 0 aliphatic carbocycles. The minimum Gasteiger partial charge on any atom is -0.455 e. The molecule has 0 bridgehead atoms. The quantitative estimate of drug-likeness (QED) is 0.586. The average Bonchev–Trinajstić information content (AvgIpc) is 3.08. The molecule has 0 aliphatic heterocycles. The highest BCUT2D eigenvalue weighted by Gasteiger charge is 2.24. The first-order chi connectivity index (χ1) is 12.8. The summed E-state index contributed by atoms with van der Waals surface area (Å²) in [6.07, 6.45) is 0. The Hall–Kier alpha value is -2.29. The Kier molecular flexibility index (Phi) is 5.59. The van der Waals surface area contributed by atoms with Gasteiger partial charge >= 0.3 is 5.97 Å². The van der Waals surface area contributed by atoms with E-state index in [-0.39, 0.29) is 23.1 Å². The van der Waals surface area contributed by atoms with Crippen LogP contribution in [0, 0.1) is 0 Å². The molecular weight excluding hydrogens is 384 g/mol. The number of esters is 1. The number of aromatic nitrogens is 1. The fraction of sp³-hybridized carbons (Fsp3) is 0.263. The molecule has 3 aromatic rings. The fourth-order valence-electron chi connectivity index (χ4n) is 2.42. The van der Waals surface area contributed by atoms with Gasteiger partial charge in [0.1, 0.15) is 11.6 Å². The van der Waals surface area contributed by atoms with Crippen LogP contribution in [0.4, 0.5) is 0 Å². The molecule has 0 spiro atoms. The average molecular weight is 405 g/mol. The lowest BCUT2D eigenvalue weighted by atomic mass is 10.2. The molecule has 0 unspecified atom stereocenters. The van der Waals surface area contributed by atoms with Crippen molar-refractivity contribution in [2.45, 2.75) is 31.4 Å². The Labute approximate surface area is 162 Å². The third-order valence-corrected chi connectivity index (χ3v) is 7.18. The van der Waals surface area contributed by atoms with Crippen molar-refractivity contribution >= 4 is 37.5 Å². The van der Waals surface area contributed by atoms with Gasteiger partial charge in [-0.3, -0.25) is 0 Å². The van der Waals surface area contributed by atoms with Crippen LogP contribution in [0.5, 0.6) is 0 Å². The van der Waals surface area contributed by atoms with E-state index in [0.29, 0.717) is 5.01 Å². The largest absolute Gasteiger partial charge is 0.455 e. The van der Waals surface area contributed by atoms with Crippen LogP contribution in [0.25, 0.3) is 10.2 Å². The molecule has 0 N–H and O–H groups in total. The van der Waals surface area contributed by atoms with Crippen LogP contribution >= 0.6 is 11.3 Å². The lowest BCUT2D eigenvalue weighted by Crippen LogP contribution is -2.33. The molecule has 0 amide bonds. The summed E-state index contributed by atoms with van der Waals surface area (Å²) >= 11 is 1.46. The molecule has 0 atom stereocenters. The Morgan fingerprint density at radius 1 is 1.19 bits per heavy atom. The van der Waals surface area contributed by atoms with Gasteiger partial charge in [-0.2, -0.15) is 4.31 Å². The number of nitrogens with zero attached hydrogens (tertiary/aromatic N) is 2. The zero-order chi connectivity index (χ0) is 19.6. The van der Waals surface area contributed by atoms with Gasteiger partial charge in [-0.15, -0.1) is 11.3 Å². The number of hydrogen-bond acceptors (Lipinski definition) is 6. The van der Waals surface area contributed by atoms with Gasteiger partial charge in [0.15, 0.2) is 0 Å². The summed E-state index contributed by atoms with van der Waals surface area (Å²) in [5.41, 5.74) is 1.05. The van der Waals surface area contributed by atoms with E-state index in [4.69, 9.17) is 4.74 Å². The van der Waals surface area contributed by atoms with E-state index in [0.717, 1.165) is 10.2 Å². The van der Waals surface area contributed by atoms with Gasteiger partial charge in [0.2, 0.25) is 10.0 Å². The van der Waals surface area contributed by atoms with E-state index in [1.54, 1.807) is 13.8 Å². The smallest absolute Gasteiger partial charge is 0.338 e.